The molecule has 4 aromatic rings. The summed E-state index contributed by atoms with van der Waals surface area (Å²) in [5.74, 6) is -0.628. The second kappa shape index (κ2) is 15.6. The van der Waals surface area contributed by atoms with Crippen molar-refractivity contribution in [1.82, 2.24) is 10.2 Å². The minimum Gasteiger partial charge on any atom is -0.354 e. The van der Waals surface area contributed by atoms with Crippen LogP contribution in [0.4, 0.5) is 5.69 Å². The van der Waals surface area contributed by atoms with E-state index in [1.807, 2.05) is 74.5 Å². The lowest BCUT2D eigenvalue weighted by molar-refractivity contribution is -0.140. The van der Waals surface area contributed by atoms with Crippen molar-refractivity contribution in [2.45, 2.75) is 44.7 Å². The van der Waals surface area contributed by atoms with Crippen LogP contribution >= 0.6 is 27.5 Å². The predicted octanol–water partition coefficient (Wildman–Crippen LogP) is 7.02. The molecule has 0 bridgehead atoms. The van der Waals surface area contributed by atoms with Gasteiger partial charge in [-0.25, -0.2) is 8.42 Å². The summed E-state index contributed by atoms with van der Waals surface area (Å²) in [6, 6.07) is 28.9. The third-order valence-corrected chi connectivity index (χ3v) is 9.78. The van der Waals surface area contributed by atoms with Crippen LogP contribution in [0.25, 0.3) is 0 Å². The number of benzene rings is 4. The van der Waals surface area contributed by atoms with Crippen molar-refractivity contribution >= 4 is 55.1 Å². The zero-order valence-corrected chi connectivity index (χ0v) is 28.6. The van der Waals surface area contributed by atoms with Crippen molar-refractivity contribution < 1.29 is 18.0 Å². The molecule has 0 saturated heterocycles. The van der Waals surface area contributed by atoms with Crippen molar-refractivity contribution in [3.05, 3.63) is 129 Å². The van der Waals surface area contributed by atoms with Crippen molar-refractivity contribution in [2.24, 2.45) is 5.92 Å². The Morgan fingerprint density at radius 2 is 1.51 bits per heavy atom. The van der Waals surface area contributed by atoms with Gasteiger partial charge in [-0.3, -0.25) is 13.9 Å². The van der Waals surface area contributed by atoms with Gasteiger partial charge in [-0.2, -0.15) is 0 Å². The number of hydrogen-bond acceptors (Lipinski definition) is 4. The summed E-state index contributed by atoms with van der Waals surface area (Å²) in [7, 11) is -4.21. The minimum atomic E-state index is -4.21. The lowest BCUT2D eigenvalue weighted by atomic mass is 10.0. The maximum Gasteiger partial charge on any atom is 0.264 e. The Morgan fingerprint density at radius 1 is 0.867 bits per heavy atom. The molecular formula is C35H37BrClN3O4S. The quantitative estimate of drug-likeness (QED) is 0.162. The minimum absolute atomic E-state index is 0.00277. The number of rotatable bonds is 13. The molecule has 1 N–H and O–H groups in total. The van der Waals surface area contributed by atoms with Crippen LogP contribution in [0.1, 0.15) is 30.5 Å². The number of halogens is 2. The van der Waals surface area contributed by atoms with Gasteiger partial charge in [0, 0.05) is 29.0 Å². The van der Waals surface area contributed by atoms with Gasteiger partial charge in [-0.15, -0.1) is 0 Å². The maximum atomic E-state index is 14.5. The highest BCUT2D eigenvalue weighted by Crippen LogP contribution is 2.28. The van der Waals surface area contributed by atoms with Crippen LogP contribution in [0.3, 0.4) is 0 Å². The van der Waals surface area contributed by atoms with Gasteiger partial charge in [-0.05, 0) is 72.0 Å². The molecule has 4 aromatic carbocycles. The highest BCUT2D eigenvalue weighted by atomic mass is 79.9. The molecule has 0 aromatic heterocycles. The zero-order chi connectivity index (χ0) is 32.6. The van der Waals surface area contributed by atoms with Gasteiger partial charge in [0.25, 0.3) is 10.0 Å². The molecule has 0 unspecified atom stereocenters. The van der Waals surface area contributed by atoms with E-state index in [1.165, 1.54) is 29.2 Å². The third kappa shape index (κ3) is 9.19. The summed E-state index contributed by atoms with van der Waals surface area (Å²) in [4.78, 5) is 29.9. The molecule has 10 heteroatoms. The smallest absolute Gasteiger partial charge is 0.264 e. The molecule has 1 atom stereocenters. The molecular weight excluding hydrogens is 674 g/mol. The van der Waals surface area contributed by atoms with E-state index in [0.717, 1.165) is 19.9 Å². The summed E-state index contributed by atoms with van der Waals surface area (Å²) >= 11 is 9.57. The van der Waals surface area contributed by atoms with Crippen molar-refractivity contribution in [1.29, 1.82) is 0 Å². The van der Waals surface area contributed by atoms with Crippen LogP contribution in [0.15, 0.2) is 112 Å². The SMILES string of the molecule is Cc1ccccc1N(CC(=O)N(Cc1cccc(Br)c1)[C@H](Cc1ccccc1)C(=O)NCC(C)C)S(=O)(=O)c1ccc(Cl)cc1. The van der Waals surface area contributed by atoms with Crippen LogP contribution in [0.2, 0.25) is 5.02 Å². The standard InChI is InChI=1S/C35H37BrClN3O4S/c1-25(2)22-38-35(42)33(21-27-11-5-4-6-12-27)39(23-28-13-9-14-29(36)20-28)34(41)24-40(32-15-8-7-10-26(32)3)45(43,44)31-18-16-30(37)17-19-31/h4-20,25,33H,21-24H2,1-3H3,(H,38,42)/t33-/m1/s1. The Bertz CT molecular complexity index is 1720. The second-order valence-electron chi connectivity index (χ2n) is 11.2. The summed E-state index contributed by atoms with van der Waals surface area (Å²) in [5, 5.41) is 3.40. The first-order chi connectivity index (χ1) is 21.5. The normalized spacial score (nSPS) is 12.0. The first-order valence-corrected chi connectivity index (χ1v) is 17.3. The molecule has 0 radical (unpaired) electrons. The van der Waals surface area contributed by atoms with E-state index in [0.29, 0.717) is 22.8 Å². The Labute approximate surface area is 279 Å². The molecule has 2 amide bonds. The lowest BCUT2D eigenvalue weighted by Gasteiger charge is -2.34. The van der Waals surface area contributed by atoms with Crippen molar-refractivity contribution in [2.75, 3.05) is 17.4 Å². The number of carbonyl (C=O) groups excluding carboxylic acids is 2. The molecule has 0 aliphatic carbocycles. The number of carbonyl (C=O) groups is 2. The van der Waals surface area contributed by atoms with E-state index in [-0.39, 0.29) is 29.7 Å². The van der Waals surface area contributed by atoms with Crippen molar-refractivity contribution in [3.8, 4) is 0 Å². The highest BCUT2D eigenvalue weighted by molar-refractivity contribution is 9.10. The van der Waals surface area contributed by atoms with Gasteiger partial charge in [0.15, 0.2) is 0 Å². The number of hydrogen-bond donors (Lipinski definition) is 1. The third-order valence-electron chi connectivity index (χ3n) is 7.26. The fourth-order valence-electron chi connectivity index (χ4n) is 4.90. The Balaban J connectivity index is 1.81. The zero-order valence-electron chi connectivity index (χ0n) is 25.5. The molecule has 4 rings (SSSR count). The van der Waals surface area contributed by atoms with Gasteiger partial charge in [0.1, 0.15) is 12.6 Å². The molecule has 0 fully saturated rings. The van der Waals surface area contributed by atoms with Crippen LogP contribution in [-0.4, -0.2) is 44.3 Å². The molecule has 0 aliphatic rings. The fourth-order valence-corrected chi connectivity index (χ4v) is 6.95. The monoisotopic (exact) mass is 709 g/mol. The van der Waals surface area contributed by atoms with E-state index in [9.17, 15) is 18.0 Å². The van der Waals surface area contributed by atoms with E-state index in [2.05, 4.69) is 21.2 Å². The van der Waals surface area contributed by atoms with Crippen LogP contribution in [-0.2, 0) is 32.6 Å². The highest BCUT2D eigenvalue weighted by Gasteiger charge is 2.35. The molecule has 0 heterocycles. The Morgan fingerprint density at radius 3 is 2.16 bits per heavy atom. The summed E-state index contributed by atoms with van der Waals surface area (Å²) in [6.07, 6.45) is 0.249. The van der Waals surface area contributed by atoms with E-state index >= 15 is 0 Å². The summed E-state index contributed by atoms with van der Waals surface area (Å²) in [6.45, 7) is 5.79. The first-order valence-electron chi connectivity index (χ1n) is 14.6. The number of para-hydroxylation sites is 1. The van der Waals surface area contributed by atoms with Gasteiger partial charge in [0.05, 0.1) is 10.6 Å². The van der Waals surface area contributed by atoms with Gasteiger partial charge in [-0.1, -0.05) is 102 Å². The Kier molecular flexibility index (Phi) is 11.8. The van der Waals surface area contributed by atoms with Gasteiger partial charge >= 0.3 is 0 Å². The van der Waals surface area contributed by atoms with E-state index < -0.39 is 28.5 Å². The molecule has 0 spiro atoms. The predicted molar refractivity (Wildman–Crippen MR) is 184 cm³/mol. The number of nitrogens with zero attached hydrogens (tertiary/aromatic N) is 2. The lowest BCUT2D eigenvalue weighted by Crippen LogP contribution is -2.53. The maximum absolute atomic E-state index is 14.5. The first kappa shape index (κ1) is 34.2. The molecule has 45 heavy (non-hydrogen) atoms. The second-order valence-corrected chi connectivity index (χ2v) is 14.5. The number of anilines is 1. The number of aryl methyl sites for hydroxylation is 1. The Hall–Kier alpha value is -3.66. The molecule has 236 valence electrons. The van der Waals surface area contributed by atoms with Crippen molar-refractivity contribution in [3.63, 3.8) is 0 Å². The van der Waals surface area contributed by atoms with Crippen LogP contribution in [0.5, 0.6) is 0 Å². The van der Waals surface area contributed by atoms with Crippen LogP contribution < -0.4 is 9.62 Å². The molecule has 7 nitrogen and oxygen atoms in total. The average molecular weight is 711 g/mol. The van der Waals surface area contributed by atoms with Gasteiger partial charge < -0.3 is 10.2 Å². The largest absolute Gasteiger partial charge is 0.354 e. The average Bonchev–Trinajstić information content (AvgIpc) is 3.01. The number of sulfonamides is 1. The summed E-state index contributed by atoms with van der Waals surface area (Å²) < 4.78 is 30.3. The van der Waals surface area contributed by atoms with Crippen LogP contribution in [0, 0.1) is 12.8 Å². The number of nitrogens with one attached hydrogen (secondary N) is 1. The molecule has 0 aliphatic heterocycles. The topological polar surface area (TPSA) is 86.8 Å². The fraction of sp³-hybridized carbons (Fsp3) is 0.257. The van der Waals surface area contributed by atoms with Gasteiger partial charge in [0.2, 0.25) is 11.8 Å². The van der Waals surface area contributed by atoms with E-state index in [1.54, 1.807) is 25.1 Å². The summed E-state index contributed by atoms with van der Waals surface area (Å²) in [5.41, 5.74) is 2.71. The molecule has 0 saturated carbocycles. The number of amides is 2. The van der Waals surface area contributed by atoms with E-state index in [4.69, 9.17) is 11.6 Å².